The number of fused-ring (bicyclic) bond motifs is 8. The Labute approximate surface area is 161 Å². The number of hydrogen-bond donors (Lipinski definition) is 0. The van der Waals surface area contributed by atoms with Crippen LogP contribution in [0.5, 0.6) is 0 Å². The average Bonchev–Trinajstić information content (AvgIpc) is 3.28. The number of benzene rings is 3. The largest absolute Gasteiger partial charge is 0.632 e. The Kier molecular flexibility index (Phi) is 2.96. The maximum Gasteiger partial charge on any atom is 0.632 e. The SMILES string of the molecule is C=C1OB(c2ccc3c(c2)c2ccccc2n2c4ccccc4nc32)OC1=C. The van der Waals surface area contributed by atoms with E-state index in [4.69, 9.17) is 14.3 Å². The monoisotopic (exact) mass is 362 g/mol. The first-order valence-electron chi connectivity index (χ1n) is 9.14. The summed E-state index contributed by atoms with van der Waals surface area (Å²) in [5, 5.41) is 3.37. The van der Waals surface area contributed by atoms with Crippen LogP contribution in [0.2, 0.25) is 0 Å². The minimum Gasteiger partial charge on any atom is -0.520 e. The van der Waals surface area contributed by atoms with E-state index in [-0.39, 0.29) is 0 Å². The van der Waals surface area contributed by atoms with Gasteiger partial charge in [0.25, 0.3) is 0 Å². The van der Waals surface area contributed by atoms with Crippen molar-refractivity contribution < 1.29 is 9.31 Å². The van der Waals surface area contributed by atoms with Crippen molar-refractivity contribution in [3.8, 4) is 0 Å². The molecule has 0 saturated carbocycles. The molecule has 0 bridgehead atoms. The van der Waals surface area contributed by atoms with Gasteiger partial charge in [-0.25, -0.2) is 4.98 Å². The summed E-state index contributed by atoms with van der Waals surface area (Å²) in [6.07, 6.45) is 0. The lowest BCUT2D eigenvalue weighted by molar-refractivity contribution is 0.431. The highest BCUT2D eigenvalue weighted by Gasteiger charge is 2.34. The number of aromatic nitrogens is 2. The molecule has 1 aliphatic rings. The topological polar surface area (TPSA) is 35.8 Å². The van der Waals surface area contributed by atoms with Crippen molar-refractivity contribution in [2.24, 2.45) is 0 Å². The van der Waals surface area contributed by atoms with Crippen LogP contribution in [0.25, 0.3) is 38.4 Å². The first-order chi connectivity index (χ1) is 13.7. The predicted molar refractivity (Wildman–Crippen MR) is 114 cm³/mol. The van der Waals surface area contributed by atoms with E-state index >= 15 is 0 Å². The molecule has 0 aliphatic carbocycles. The Morgan fingerprint density at radius 1 is 0.750 bits per heavy atom. The minimum absolute atomic E-state index is 0.477. The second-order valence-electron chi connectivity index (χ2n) is 7.00. The molecule has 132 valence electrons. The van der Waals surface area contributed by atoms with Gasteiger partial charge in [-0.1, -0.05) is 61.7 Å². The Bertz CT molecular complexity index is 1450. The van der Waals surface area contributed by atoms with Gasteiger partial charge in [0, 0.05) is 16.2 Å². The van der Waals surface area contributed by atoms with Gasteiger partial charge >= 0.3 is 7.12 Å². The Hall–Kier alpha value is -3.73. The Morgan fingerprint density at radius 2 is 1.46 bits per heavy atom. The van der Waals surface area contributed by atoms with Gasteiger partial charge < -0.3 is 9.31 Å². The summed E-state index contributed by atoms with van der Waals surface area (Å²) >= 11 is 0. The van der Waals surface area contributed by atoms with Crippen LogP contribution in [0.3, 0.4) is 0 Å². The lowest BCUT2D eigenvalue weighted by Crippen LogP contribution is -2.31. The number of pyridine rings is 1. The highest BCUT2D eigenvalue weighted by molar-refractivity contribution is 6.63. The fourth-order valence-corrected chi connectivity index (χ4v) is 4.02. The molecular formula is C23H15BN2O2. The van der Waals surface area contributed by atoms with Gasteiger partial charge in [0.15, 0.2) is 0 Å². The number of hydrogen-bond acceptors (Lipinski definition) is 3. The van der Waals surface area contributed by atoms with Gasteiger partial charge in [-0.15, -0.1) is 0 Å². The maximum absolute atomic E-state index is 5.72. The highest BCUT2D eigenvalue weighted by Crippen LogP contribution is 2.32. The molecule has 4 nitrogen and oxygen atoms in total. The van der Waals surface area contributed by atoms with Gasteiger partial charge in [-0.2, -0.15) is 0 Å². The summed E-state index contributed by atoms with van der Waals surface area (Å²) in [6, 6.07) is 22.9. The molecule has 1 fully saturated rings. The second kappa shape index (κ2) is 5.39. The van der Waals surface area contributed by atoms with Crippen molar-refractivity contribution in [2.45, 2.75) is 0 Å². The number of rotatable bonds is 1. The molecule has 0 amide bonds. The predicted octanol–water partition coefficient (Wildman–Crippen LogP) is 4.56. The fourth-order valence-electron chi connectivity index (χ4n) is 4.02. The van der Waals surface area contributed by atoms with E-state index in [0.29, 0.717) is 11.5 Å². The van der Waals surface area contributed by atoms with Crippen LogP contribution in [0.4, 0.5) is 0 Å². The molecule has 0 atom stereocenters. The maximum atomic E-state index is 5.72. The van der Waals surface area contributed by atoms with E-state index in [0.717, 1.165) is 43.8 Å². The van der Waals surface area contributed by atoms with Crippen LogP contribution in [0.15, 0.2) is 91.4 Å². The van der Waals surface area contributed by atoms with Gasteiger partial charge in [0.1, 0.15) is 17.2 Å². The normalized spacial score (nSPS) is 14.4. The van der Waals surface area contributed by atoms with E-state index in [1.54, 1.807) is 0 Å². The van der Waals surface area contributed by atoms with E-state index in [1.165, 1.54) is 0 Å². The minimum atomic E-state index is -0.516. The average molecular weight is 362 g/mol. The van der Waals surface area contributed by atoms with Gasteiger partial charge in [0.2, 0.25) is 0 Å². The van der Waals surface area contributed by atoms with Gasteiger partial charge in [0.05, 0.1) is 16.6 Å². The molecule has 5 aromatic rings. The van der Waals surface area contributed by atoms with Crippen LogP contribution in [0, 0.1) is 0 Å². The Balaban J connectivity index is 1.73. The third-order valence-electron chi connectivity index (χ3n) is 5.36. The summed E-state index contributed by atoms with van der Waals surface area (Å²) in [6.45, 7) is 7.66. The van der Waals surface area contributed by atoms with Crippen LogP contribution in [-0.4, -0.2) is 16.5 Å². The summed E-state index contributed by atoms with van der Waals surface area (Å²) < 4.78 is 13.7. The fraction of sp³-hybridized carbons (Fsp3) is 0. The quantitative estimate of drug-likeness (QED) is 0.324. The molecule has 28 heavy (non-hydrogen) atoms. The zero-order valence-corrected chi connectivity index (χ0v) is 15.1. The van der Waals surface area contributed by atoms with Crippen molar-refractivity contribution in [1.29, 1.82) is 0 Å². The first kappa shape index (κ1) is 15.3. The van der Waals surface area contributed by atoms with Gasteiger partial charge in [-0.3, -0.25) is 4.40 Å². The smallest absolute Gasteiger partial charge is 0.520 e. The zero-order valence-electron chi connectivity index (χ0n) is 15.1. The number of imidazole rings is 1. The molecule has 5 heteroatoms. The summed E-state index contributed by atoms with van der Waals surface area (Å²) in [5.41, 5.74) is 5.09. The van der Waals surface area contributed by atoms with Crippen molar-refractivity contribution in [3.05, 3.63) is 91.4 Å². The number of nitrogens with zero attached hydrogens (tertiary/aromatic N) is 2. The molecule has 0 N–H and O–H groups in total. The van der Waals surface area contributed by atoms with Crippen LogP contribution in [-0.2, 0) is 9.31 Å². The molecule has 3 heterocycles. The van der Waals surface area contributed by atoms with Gasteiger partial charge in [-0.05, 0) is 23.6 Å². The first-order valence-corrected chi connectivity index (χ1v) is 9.14. The highest BCUT2D eigenvalue weighted by atomic mass is 16.6. The van der Waals surface area contributed by atoms with Crippen molar-refractivity contribution >= 4 is 50.9 Å². The molecule has 0 unspecified atom stereocenters. The van der Waals surface area contributed by atoms with E-state index < -0.39 is 7.12 Å². The molecule has 0 spiro atoms. The molecular weight excluding hydrogens is 347 g/mol. The van der Waals surface area contributed by atoms with Crippen LogP contribution >= 0.6 is 0 Å². The van der Waals surface area contributed by atoms with E-state index in [2.05, 4.69) is 66.1 Å². The molecule has 1 saturated heterocycles. The summed E-state index contributed by atoms with van der Waals surface area (Å²) in [7, 11) is -0.516. The van der Waals surface area contributed by atoms with E-state index in [9.17, 15) is 0 Å². The Morgan fingerprint density at radius 3 is 2.29 bits per heavy atom. The van der Waals surface area contributed by atoms with Crippen LogP contribution < -0.4 is 5.46 Å². The molecule has 1 aliphatic heterocycles. The van der Waals surface area contributed by atoms with Crippen LogP contribution in [0.1, 0.15) is 0 Å². The molecule has 3 aromatic carbocycles. The van der Waals surface area contributed by atoms with E-state index in [1.807, 2.05) is 18.2 Å². The third-order valence-corrected chi connectivity index (χ3v) is 5.36. The molecule has 6 rings (SSSR count). The number of para-hydroxylation sites is 3. The third kappa shape index (κ3) is 1.98. The molecule has 2 aromatic heterocycles. The lowest BCUT2D eigenvalue weighted by atomic mass is 9.78. The van der Waals surface area contributed by atoms with Crippen molar-refractivity contribution in [3.63, 3.8) is 0 Å². The molecule has 0 radical (unpaired) electrons. The zero-order chi connectivity index (χ0) is 18.8. The standard InChI is InChI=1S/C23H15BN2O2/c1-14-15(2)28-24(27-14)16-11-12-18-19(13-16)17-7-3-5-9-21(17)26-22-10-6-4-8-20(22)25-23(18)26/h3-13H,1-2H2. The van der Waals surface area contributed by atoms with Crippen molar-refractivity contribution in [1.82, 2.24) is 9.38 Å². The summed E-state index contributed by atoms with van der Waals surface area (Å²) in [4.78, 5) is 4.92. The van der Waals surface area contributed by atoms with Crippen molar-refractivity contribution in [2.75, 3.05) is 0 Å². The second-order valence-corrected chi connectivity index (χ2v) is 7.00. The summed E-state index contributed by atoms with van der Waals surface area (Å²) in [5.74, 6) is 0.954. The lowest BCUT2D eigenvalue weighted by Gasteiger charge is -2.11.